The van der Waals surface area contributed by atoms with E-state index in [1.54, 1.807) is 6.20 Å². The van der Waals surface area contributed by atoms with E-state index in [4.69, 9.17) is 4.52 Å². The first-order valence-electron chi connectivity index (χ1n) is 11.4. The monoisotopic (exact) mass is 443 g/mol. The van der Waals surface area contributed by atoms with Gasteiger partial charge in [0, 0.05) is 38.2 Å². The molecule has 7 nitrogen and oxygen atoms in total. The predicted octanol–water partition coefficient (Wildman–Crippen LogP) is 4.57. The molecule has 0 saturated carbocycles. The number of carbonyl (C=O) groups is 1. The average Bonchev–Trinajstić information content (AvgIpc) is 3.51. The van der Waals surface area contributed by atoms with E-state index >= 15 is 0 Å². The van der Waals surface area contributed by atoms with Crippen LogP contribution in [0.2, 0.25) is 0 Å². The molecule has 2 heterocycles. The van der Waals surface area contributed by atoms with E-state index < -0.39 is 0 Å². The van der Waals surface area contributed by atoms with Gasteiger partial charge in [0.05, 0.1) is 6.54 Å². The van der Waals surface area contributed by atoms with Gasteiger partial charge >= 0.3 is 0 Å². The molecule has 0 unspecified atom stereocenters. The van der Waals surface area contributed by atoms with Crippen LogP contribution >= 0.6 is 0 Å². The fraction of sp³-hybridized carbons (Fsp3) is 0.308. The highest BCUT2D eigenvalue weighted by molar-refractivity contribution is 5.76. The maximum atomic E-state index is 12.4. The van der Waals surface area contributed by atoms with Gasteiger partial charge < -0.3 is 9.84 Å². The van der Waals surface area contributed by atoms with E-state index in [-0.39, 0.29) is 5.91 Å². The predicted molar refractivity (Wildman–Crippen MR) is 126 cm³/mol. The van der Waals surface area contributed by atoms with Crippen molar-refractivity contribution in [3.8, 4) is 11.1 Å². The van der Waals surface area contributed by atoms with Crippen LogP contribution in [-0.4, -0.2) is 25.8 Å². The molecule has 0 atom stereocenters. The Morgan fingerprint density at radius 2 is 1.91 bits per heavy atom. The molecule has 33 heavy (non-hydrogen) atoms. The molecule has 0 spiro atoms. The van der Waals surface area contributed by atoms with Gasteiger partial charge in [-0.3, -0.25) is 9.48 Å². The number of amides is 1. The van der Waals surface area contributed by atoms with Crippen molar-refractivity contribution in [2.45, 2.75) is 52.1 Å². The molecule has 4 aromatic rings. The minimum Gasteiger partial charge on any atom is -0.352 e. The van der Waals surface area contributed by atoms with Gasteiger partial charge in [-0.25, -0.2) is 0 Å². The first-order valence-corrected chi connectivity index (χ1v) is 11.4. The molecule has 0 saturated heterocycles. The summed E-state index contributed by atoms with van der Waals surface area (Å²) in [6, 6.07) is 18.6. The average molecular weight is 444 g/mol. The molecule has 2 aromatic carbocycles. The second kappa shape index (κ2) is 11.2. The third-order valence-corrected chi connectivity index (χ3v) is 5.44. The van der Waals surface area contributed by atoms with Gasteiger partial charge in [-0.15, -0.1) is 0 Å². The molecule has 0 bridgehead atoms. The van der Waals surface area contributed by atoms with E-state index in [2.05, 4.69) is 63.9 Å². The molecule has 7 heteroatoms. The molecular formula is C26H29N5O2. The summed E-state index contributed by atoms with van der Waals surface area (Å²) < 4.78 is 7.14. The Hall–Kier alpha value is -3.74. The fourth-order valence-electron chi connectivity index (χ4n) is 3.73. The van der Waals surface area contributed by atoms with Crippen molar-refractivity contribution in [1.29, 1.82) is 0 Å². The van der Waals surface area contributed by atoms with E-state index in [1.807, 2.05) is 29.1 Å². The number of hydrogen-bond acceptors (Lipinski definition) is 5. The SMILES string of the molecule is CCCc1noc(CCCC(=O)NCc2ccccc2-c2ccc(Cn3cccn3)cc2)n1. The van der Waals surface area contributed by atoms with Crippen molar-refractivity contribution in [3.05, 3.63) is 89.8 Å². The second-order valence-electron chi connectivity index (χ2n) is 8.04. The molecule has 4 rings (SSSR count). The molecule has 1 amide bonds. The maximum absolute atomic E-state index is 12.4. The Bertz CT molecular complexity index is 1150. The lowest BCUT2D eigenvalue weighted by Crippen LogP contribution is -2.22. The number of rotatable bonds is 11. The Labute approximate surface area is 193 Å². The summed E-state index contributed by atoms with van der Waals surface area (Å²) in [7, 11) is 0. The molecule has 170 valence electrons. The molecule has 2 aromatic heterocycles. The number of nitrogens with one attached hydrogen (secondary N) is 1. The summed E-state index contributed by atoms with van der Waals surface area (Å²) >= 11 is 0. The lowest BCUT2D eigenvalue weighted by molar-refractivity contribution is -0.121. The highest BCUT2D eigenvalue weighted by Crippen LogP contribution is 2.24. The Morgan fingerprint density at radius 1 is 1.06 bits per heavy atom. The summed E-state index contributed by atoms with van der Waals surface area (Å²) in [5.41, 5.74) is 4.53. The van der Waals surface area contributed by atoms with E-state index in [9.17, 15) is 4.79 Å². The van der Waals surface area contributed by atoms with Crippen LogP contribution in [0, 0.1) is 0 Å². The van der Waals surface area contributed by atoms with Crippen LogP contribution in [0.4, 0.5) is 0 Å². The van der Waals surface area contributed by atoms with Gasteiger partial charge in [0.1, 0.15) is 0 Å². The van der Waals surface area contributed by atoms with Crippen molar-refractivity contribution < 1.29 is 9.32 Å². The van der Waals surface area contributed by atoms with Crippen molar-refractivity contribution in [1.82, 2.24) is 25.2 Å². The van der Waals surface area contributed by atoms with Crippen molar-refractivity contribution >= 4 is 5.91 Å². The highest BCUT2D eigenvalue weighted by Gasteiger charge is 2.09. The standard InChI is InChI=1S/C26H29N5O2/c1-2-7-24-29-26(33-30-24)11-5-10-25(32)27-18-22-8-3-4-9-23(22)21-14-12-20(13-15-21)19-31-17-6-16-28-31/h3-4,6,8-9,12-17H,2,5,7,10-11,18-19H2,1H3,(H,27,32). The lowest BCUT2D eigenvalue weighted by Gasteiger charge is -2.12. The smallest absolute Gasteiger partial charge is 0.226 e. The van der Waals surface area contributed by atoms with Crippen molar-refractivity contribution in [2.75, 3.05) is 0 Å². The molecule has 0 aliphatic heterocycles. The summed E-state index contributed by atoms with van der Waals surface area (Å²) in [4.78, 5) is 16.7. The Kier molecular flexibility index (Phi) is 7.64. The highest BCUT2D eigenvalue weighted by atomic mass is 16.5. The van der Waals surface area contributed by atoms with Crippen LogP contribution in [0.1, 0.15) is 49.0 Å². The fourth-order valence-corrected chi connectivity index (χ4v) is 3.73. The third-order valence-electron chi connectivity index (χ3n) is 5.44. The summed E-state index contributed by atoms with van der Waals surface area (Å²) in [6.07, 6.45) is 7.26. The minimum atomic E-state index is 0.0210. The molecule has 1 N–H and O–H groups in total. The van der Waals surface area contributed by atoms with Crippen molar-refractivity contribution in [2.24, 2.45) is 0 Å². The molecular weight excluding hydrogens is 414 g/mol. The Morgan fingerprint density at radius 3 is 2.70 bits per heavy atom. The number of aromatic nitrogens is 4. The van der Waals surface area contributed by atoms with E-state index in [1.165, 1.54) is 5.56 Å². The first-order chi connectivity index (χ1) is 16.2. The normalized spacial score (nSPS) is 10.9. The lowest BCUT2D eigenvalue weighted by atomic mass is 9.98. The number of benzene rings is 2. The maximum Gasteiger partial charge on any atom is 0.226 e. The Balaban J connectivity index is 1.29. The zero-order valence-electron chi connectivity index (χ0n) is 18.9. The van der Waals surface area contributed by atoms with Crippen LogP contribution in [0.25, 0.3) is 11.1 Å². The van der Waals surface area contributed by atoms with E-state index in [0.29, 0.717) is 31.7 Å². The summed E-state index contributed by atoms with van der Waals surface area (Å²) in [6.45, 7) is 3.32. The number of hydrogen-bond donors (Lipinski definition) is 1. The van der Waals surface area contributed by atoms with E-state index in [0.717, 1.165) is 41.9 Å². The molecule has 0 radical (unpaired) electrons. The quantitative estimate of drug-likeness (QED) is 0.367. The third kappa shape index (κ3) is 6.38. The number of aryl methyl sites for hydroxylation is 2. The van der Waals surface area contributed by atoms with Crippen LogP contribution < -0.4 is 5.32 Å². The minimum absolute atomic E-state index is 0.0210. The number of nitrogens with zero attached hydrogens (tertiary/aromatic N) is 4. The first kappa shape index (κ1) is 22.5. The van der Waals surface area contributed by atoms with Gasteiger partial charge in [-0.1, -0.05) is 60.6 Å². The topological polar surface area (TPSA) is 85.8 Å². The van der Waals surface area contributed by atoms with Gasteiger partial charge in [0.25, 0.3) is 0 Å². The summed E-state index contributed by atoms with van der Waals surface area (Å²) in [5.74, 6) is 1.36. The van der Waals surface area contributed by atoms with Gasteiger partial charge in [-0.2, -0.15) is 10.1 Å². The molecule has 0 aliphatic carbocycles. The zero-order chi connectivity index (χ0) is 22.9. The van der Waals surface area contributed by atoms with Gasteiger partial charge in [-0.05, 0) is 41.2 Å². The molecule has 0 fully saturated rings. The largest absolute Gasteiger partial charge is 0.352 e. The van der Waals surface area contributed by atoms with Crippen LogP contribution in [0.15, 0.2) is 71.5 Å². The molecule has 0 aliphatic rings. The van der Waals surface area contributed by atoms with Crippen LogP contribution in [0.5, 0.6) is 0 Å². The summed E-state index contributed by atoms with van der Waals surface area (Å²) in [5, 5.41) is 11.3. The van der Waals surface area contributed by atoms with Gasteiger partial charge in [0.2, 0.25) is 11.8 Å². The van der Waals surface area contributed by atoms with Crippen LogP contribution in [-0.2, 0) is 30.7 Å². The zero-order valence-corrected chi connectivity index (χ0v) is 18.9. The van der Waals surface area contributed by atoms with Gasteiger partial charge in [0.15, 0.2) is 5.82 Å². The number of carbonyl (C=O) groups excluding carboxylic acids is 1. The second-order valence-corrected chi connectivity index (χ2v) is 8.04. The van der Waals surface area contributed by atoms with Crippen molar-refractivity contribution in [3.63, 3.8) is 0 Å². The van der Waals surface area contributed by atoms with Crippen LogP contribution in [0.3, 0.4) is 0 Å².